The smallest absolute Gasteiger partial charge is 0.273 e. The maximum absolute atomic E-state index is 13.4. The van der Waals surface area contributed by atoms with Crippen molar-refractivity contribution in [1.29, 1.82) is 0 Å². The van der Waals surface area contributed by atoms with Gasteiger partial charge in [0.2, 0.25) is 5.91 Å². The monoisotopic (exact) mass is 375 g/mol. The zero-order valence-corrected chi connectivity index (χ0v) is 14.5. The molecule has 0 aromatic heterocycles. The van der Waals surface area contributed by atoms with Gasteiger partial charge in [-0.3, -0.25) is 14.9 Å². The van der Waals surface area contributed by atoms with Crippen molar-refractivity contribution in [3.05, 3.63) is 69.8 Å². The van der Waals surface area contributed by atoms with Crippen LogP contribution in [-0.4, -0.2) is 30.5 Å². The predicted molar refractivity (Wildman–Crippen MR) is 96.5 cm³/mol. The number of para-hydroxylation sites is 1. The van der Waals surface area contributed by atoms with E-state index in [1.807, 2.05) is 4.90 Å². The molecule has 27 heavy (non-hydrogen) atoms. The predicted octanol–water partition coefficient (Wildman–Crippen LogP) is 3.06. The maximum atomic E-state index is 13.4. The first kappa shape index (κ1) is 18.8. The lowest BCUT2D eigenvalue weighted by molar-refractivity contribution is -0.385. The maximum Gasteiger partial charge on any atom is 0.273 e. The number of nitro groups is 1. The van der Waals surface area contributed by atoms with Crippen LogP contribution < -0.4 is 10.2 Å². The largest absolute Gasteiger partial charge is 0.371 e. The van der Waals surface area contributed by atoms with Gasteiger partial charge in [-0.2, -0.15) is 0 Å². The summed E-state index contributed by atoms with van der Waals surface area (Å²) in [5.41, 5.74) is 0.913. The van der Waals surface area contributed by atoms with Crippen molar-refractivity contribution < 1.29 is 18.5 Å². The Balaban J connectivity index is 1.51. The van der Waals surface area contributed by atoms with E-state index >= 15 is 0 Å². The molecule has 6 nitrogen and oxygen atoms in total. The number of hydrogen-bond acceptors (Lipinski definition) is 4. The van der Waals surface area contributed by atoms with E-state index < -0.39 is 16.6 Å². The van der Waals surface area contributed by atoms with Crippen molar-refractivity contribution in [2.24, 2.45) is 5.92 Å². The van der Waals surface area contributed by atoms with E-state index in [0.29, 0.717) is 30.9 Å². The Morgan fingerprint density at radius 2 is 2.00 bits per heavy atom. The number of halogens is 2. The normalized spacial score (nSPS) is 16.4. The second kappa shape index (κ2) is 8.11. The Kier molecular flexibility index (Phi) is 5.63. The van der Waals surface area contributed by atoms with Crippen LogP contribution in [0.5, 0.6) is 0 Å². The SMILES string of the molecule is O=C(Cc1ccccc1[N+](=O)[O-])NCC1CCN(c2ccc(F)c(F)c2)C1. The molecule has 1 aliphatic rings. The van der Waals surface area contributed by atoms with Gasteiger partial charge in [0.05, 0.1) is 11.3 Å². The number of benzene rings is 2. The molecule has 0 saturated carbocycles. The Labute approximate surface area is 154 Å². The fourth-order valence-electron chi connectivity index (χ4n) is 3.25. The molecular weight excluding hydrogens is 356 g/mol. The summed E-state index contributed by atoms with van der Waals surface area (Å²) in [6.45, 7) is 1.74. The Bertz CT molecular complexity index is 860. The van der Waals surface area contributed by atoms with E-state index in [1.54, 1.807) is 18.2 Å². The van der Waals surface area contributed by atoms with Gasteiger partial charge in [-0.25, -0.2) is 8.78 Å². The van der Waals surface area contributed by atoms with Crippen molar-refractivity contribution in [3.63, 3.8) is 0 Å². The van der Waals surface area contributed by atoms with Gasteiger partial charge in [-0.15, -0.1) is 0 Å². The molecule has 1 N–H and O–H groups in total. The van der Waals surface area contributed by atoms with Crippen molar-refractivity contribution in [1.82, 2.24) is 5.32 Å². The summed E-state index contributed by atoms with van der Waals surface area (Å²) in [5.74, 6) is -1.87. The Hall–Kier alpha value is -3.03. The molecule has 3 rings (SSSR count). The van der Waals surface area contributed by atoms with Crippen LogP contribution in [0, 0.1) is 27.7 Å². The number of nitrogens with one attached hydrogen (secondary N) is 1. The number of anilines is 1. The molecule has 0 aliphatic carbocycles. The molecule has 0 spiro atoms. The van der Waals surface area contributed by atoms with Gasteiger partial charge in [-0.1, -0.05) is 18.2 Å². The van der Waals surface area contributed by atoms with E-state index in [0.717, 1.165) is 12.5 Å². The number of nitro benzene ring substituents is 1. The van der Waals surface area contributed by atoms with Crippen LogP contribution in [0.25, 0.3) is 0 Å². The van der Waals surface area contributed by atoms with Gasteiger partial charge >= 0.3 is 0 Å². The Morgan fingerprint density at radius 1 is 1.22 bits per heavy atom. The minimum atomic E-state index is -0.881. The van der Waals surface area contributed by atoms with Crippen LogP contribution in [0.3, 0.4) is 0 Å². The number of carbonyl (C=O) groups excluding carboxylic acids is 1. The van der Waals surface area contributed by atoms with E-state index in [-0.39, 0.29) is 23.9 Å². The molecule has 8 heteroatoms. The Morgan fingerprint density at radius 3 is 2.74 bits per heavy atom. The molecule has 0 radical (unpaired) electrons. The van der Waals surface area contributed by atoms with E-state index in [2.05, 4.69) is 5.32 Å². The van der Waals surface area contributed by atoms with Gasteiger partial charge in [-0.05, 0) is 24.5 Å². The molecular formula is C19H19F2N3O3. The third-order valence-corrected chi connectivity index (χ3v) is 4.68. The summed E-state index contributed by atoms with van der Waals surface area (Å²) < 4.78 is 26.4. The average Bonchev–Trinajstić information content (AvgIpc) is 3.11. The number of hydrogen-bond donors (Lipinski definition) is 1. The average molecular weight is 375 g/mol. The fourth-order valence-corrected chi connectivity index (χ4v) is 3.25. The first-order chi connectivity index (χ1) is 12.9. The molecule has 1 saturated heterocycles. The van der Waals surface area contributed by atoms with Crippen LogP contribution in [0.4, 0.5) is 20.2 Å². The van der Waals surface area contributed by atoms with Crippen LogP contribution in [0.1, 0.15) is 12.0 Å². The molecule has 1 unspecified atom stereocenters. The molecule has 2 aromatic rings. The van der Waals surface area contributed by atoms with Gasteiger partial charge in [0.15, 0.2) is 11.6 Å². The van der Waals surface area contributed by atoms with E-state index in [1.165, 1.54) is 18.2 Å². The lowest BCUT2D eigenvalue weighted by Gasteiger charge is -2.19. The van der Waals surface area contributed by atoms with Crippen molar-refractivity contribution >= 4 is 17.3 Å². The first-order valence-corrected chi connectivity index (χ1v) is 8.63. The zero-order chi connectivity index (χ0) is 19.4. The fraction of sp³-hybridized carbons (Fsp3) is 0.316. The van der Waals surface area contributed by atoms with Gasteiger partial charge in [0, 0.05) is 43.0 Å². The number of nitrogens with zero attached hydrogens (tertiary/aromatic N) is 2. The third-order valence-electron chi connectivity index (χ3n) is 4.68. The van der Waals surface area contributed by atoms with Crippen LogP contribution in [0.2, 0.25) is 0 Å². The highest BCUT2D eigenvalue weighted by Crippen LogP contribution is 2.25. The second-order valence-electron chi connectivity index (χ2n) is 6.57. The summed E-state index contributed by atoms with van der Waals surface area (Å²) in [5, 5.41) is 13.8. The van der Waals surface area contributed by atoms with Crippen LogP contribution in [-0.2, 0) is 11.2 Å². The highest BCUT2D eigenvalue weighted by molar-refractivity contribution is 5.79. The molecule has 1 fully saturated rings. The molecule has 1 aliphatic heterocycles. The molecule has 1 atom stereocenters. The summed E-state index contributed by atoms with van der Waals surface area (Å²) in [4.78, 5) is 24.6. The highest BCUT2D eigenvalue weighted by atomic mass is 19.2. The number of amides is 1. The van der Waals surface area contributed by atoms with E-state index in [9.17, 15) is 23.7 Å². The van der Waals surface area contributed by atoms with Gasteiger partial charge in [0.25, 0.3) is 5.69 Å². The quantitative estimate of drug-likeness (QED) is 0.622. The molecule has 142 valence electrons. The lowest BCUT2D eigenvalue weighted by atomic mass is 10.1. The summed E-state index contributed by atoms with van der Waals surface area (Å²) in [7, 11) is 0. The molecule has 2 aromatic carbocycles. The minimum absolute atomic E-state index is 0.0588. The zero-order valence-electron chi connectivity index (χ0n) is 14.5. The van der Waals surface area contributed by atoms with Gasteiger partial charge < -0.3 is 10.2 Å². The van der Waals surface area contributed by atoms with Crippen molar-refractivity contribution in [2.75, 3.05) is 24.5 Å². The molecule has 1 heterocycles. The first-order valence-electron chi connectivity index (χ1n) is 8.63. The van der Waals surface area contributed by atoms with Crippen LogP contribution in [0.15, 0.2) is 42.5 Å². The number of rotatable bonds is 6. The topological polar surface area (TPSA) is 75.5 Å². The minimum Gasteiger partial charge on any atom is -0.371 e. The second-order valence-corrected chi connectivity index (χ2v) is 6.57. The van der Waals surface area contributed by atoms with Crippen molar-refractivity contribution in [3.8, 4) is 0 Å². The highest BCUT2D eigenvalue weighted by Gasteiger charge is 2.24. The molecule has 1 amide bonds. The van der Waals surface area contributed by atoms with Crippen LogP contribution >= 0.6 is 0 Å². The summed E-state index contributed by atoms with van der Waals surface area (Å²) in [6.07, 6.45) is 0.752. The number of carbonyl (C=O) groups is 1. The third kappa shape index (κ3) is 4.58. The summed E-state index contributed by atoms with van der Waals surface area (Å²) in [6, 6.07) is 9.97. The summed E-state index contributed by atoms with van der Waals surface area (Å²) >= 11 is 0. The lowest BCUT2D eigenvalue weighted by Crippen LogP contribution is -2.32. The van der Waals surface area contributed by atoms with Crippen molar-refractivity contribution in [2.45, 2.75) is 12.8 Å². The molecule has 0 bridgehead atoms. The standard InChI is InChI=1S/C19H19F2N3O3/c20-16-6-5-15(10-17(16)21)23-8-7-13(12-23)11-22-19(25)9-14-3-1-2-4-18(14)24(26)27/h1-6,10,13H,7-9,11-12H2,(H,22,25). The van der Waals surface area contributed by atoms with Gasteiger partial charge in [0.1, 0.15) is 0 Å². The van der Waals surface area contributed by atoms with E-state index in [4.69, 9.17) is 0 Å².